The van der Waals surface area contributed by atoms with Crippen LogP contribution in [0, 0.1) is 0 Å². The summed E-state index contributed by atoms with van der Waals surface area (Å²) in [6.07, 6.45) is 10.7. The molecule has 0 N–H and O–H groups in total. The van der Waals surface area contributed by atoms with E-state index in [9.17, 15) is 4.79 Å². The predicted molar refractivity (Wildman–Crippen MR) is 118 cm³/mol. The summed E-state index contributed by atoms with van der Waals surface area (Å²) in [7, 11) is 0. The minimum absolute atomic E-state index is 0.766. The summed E-state index contributed by atoms with van der Waals surface area (Å²) in [5, 5.41) is 2.38. The summed E-state index contributed by atoms with van der Waals surface area (Å²) >= 11 is 0. The van der Waals surface area contributed by atoms with E-state index in [-0.39, 0.29) is 0 Å². The molecule has 2 aliphatic rings. The van der Waals surface area contributed by atoms with Gasteiger partial charge in [0.05, 0.1) is 24.1 Å². The molecule has 7 nitrogen and oxygen atoms in total. The highest BCUT2D eigenvalue weighted by Gasteiger charge is 2.26. The fourth-order valence-electron chi connectivity index (χ4n) is 4.41. The Balaban J connectivity index is 1.37. The van der Waals surface area contributed by atoms with Gasteiger partial charge in [0.15, 0.2) is 0 Å². The van der Waals surface area contributed by atoms with Crippen LogP contribution in [0.1, 0.15) is 11.3 Å². The van der Waals surface area contributed by atoms with Crippen LogP contribution in [0.25, 0.3) is 10.8 Å². The molecule has 0 unspecified atom stereocenters. The SMILES string of the molecule is O=CC=CN1CCN(c2ncnc3c2CCN(c2cncc4ccccc24)C3)CC1. The Kier molecular flexibility index (Phi) is 5.01. The van der Waals surface area contributed by atoms with Gasteiger partial charge >= 0.3 is 0 Å². The van der Waals surface area contributed by atoms with Gasteiger partial charge in [-0.3, -0.25) is 9.78 Å². The average Bonchev–Trinajstić information content (AvgIpc) is 2.82. The smallest absolute Gasteiger partial charge is 0.144 e. The van der Waals surface area contributed by atoms with Crippen LogP contribution in [0.15, 0.2) is 55.3 Å². The number of nitrogens with zero attached hydrogens (tertiary/aromatic N) is 6. The highest BCUT2D eigenvalue weighted by molar-refractivity contribution is 5.93. The highest BCUT2D eigenvalue weighted by Crippen LogP contribution is 2.32. The highest BCUT2D eigenvalue weighted by atomic mass is 16.1. The van der Waals surface area contributed by atoms with Gasteiger partial charge in [-0.2, -0.15) is 0 Å². The fraction of sp³-hybridized carbons (Fsp3) is 0.304. The quantitative estimate of drug-likeness (QED) is 0.492. The molecule has 5 rings (SSSR count). The van der Waals surface area contributed by atoms with E-state index in [0.29, 0.717) is 0 Å². The normalized spacial score (nSPS) is 16.9. The molecule has 3 aromatic rings. The Labute approximate surface area is 175 Å². The number of piperazine rings is 1. The zero-order chi connectivity index (χ0) is 20.3. The van der Waals surface area contributed by atoms with Gasteiger partial charge in [-0.15, -0.1) is 0 Å². The van der Waals surface area contributed by atoms with Gasteiger partial charge in [-0.25, -0.2) is 9.97 Å². The first-order valence-corrected chi connectivity index (χ1v) is 10.3. The second kappa shape index (κ2) is 8.10. The number of aldehydes is 1. The van der Waals surface area contributed by atoms with Gasteiger partial charge in [-0.1, -0.05) is 24.3 Å². The molecule has 0 atom stereocenters. The second-order valence-electron chi connectivity index (χ2n) is 7.67. The lowest BCUT2D eigenvalue weighted by Gasteiger charge is -2.37. The zero-order valence-electron chi connectivity index (χ0n) is 16.8. The molecular weight excluding hydrogens is 376 g/mol. The van der Waals surface area contributed by atoms with Crippen molar-refractivity contribution in [3.8, 4) is 0 Å². The number of anilines is 2. The molecule has 0 spiro atoms. The number of carbonyl (C=O) groups excluding carboxylic acids is 1. The maximum Gasteiger partial charge on any atom is 0.144 e. The summed E-state index contributed by atoms with van der Waals surface area (Å²) in [6.45, 7) is 5.24. The van der Waals surface area contributed by atoms with E-state index in [4.69, 9.17) is 0 Å². The molecular formula is C23H24N6O. The van der Waals surface area contributed by atoms with Crippen molar-refractivity contribution in [1.29, 1.82) is 0 Å². The number of rotatable bonds is 4. The Morgan fingerprint density at radius 2 is 1.80 bits per heavy atom. The van der Waals surface area contributed by atoms with Crippen LogP contribution in [0.4, 0.5) is 11.5 Å². The van der Waals surface area contributed by atoms with Gasteiger partial charge in [-0.05, 0) is 12.5 Å². The van der Waals surface area contributed by atoms with Crippen LogP contribution >= 0.6 is 0 Å². The number of hydrogen-bond acceptors (Lipinski definition) is 7. The van der Waals surface area contributed by atoms with Crippen LogP contribution in [-0.4, -0.2) is 58.9 Å². The fourth-order valence-corrected chi connectivity index (χ4v) is 4.41. The molecule has 0 bridgehead atoms. The first-order chi connectivity index (χ1) is 14.8. The third-order valence-electron chi connectivity index (χ3n) is 5.96. The molecule has 7 heteroatoms. The van der Waals surface area contributed by atoms with E-state index in [2.05, 4.69) is 47.9 Å². The van der Waals surface area contributed by atoms with E-state index in [1.165, 1.54) is 10.9 Å². The van der Waals surface area contributed by atoms with Crippen molar-refractivity contribution >= 4 is 28.6 Å². The predicted octanol–water partition coefficient (Wildman–Crippen LogP) is 2.42. The van der Waals surface area contributed by atoms with E-state index < -0.39 is 0 Å². The topological polar surface area (TPSA) is 65.5 Å². The number of pyridine rings is 1. The minimum Gasteiger partial charge on any atom is -0.374 e. The summed E-state index contributed by atoms with van der Waals surface area (Å²) in [4.78, 5) is 31.2. The molecule has 0 radical (unpaired) electrons. The van der Waals surface area contributed by atoms with Crippen LogP contribution in [0.3, 0.4) is 0 Å². The first kappa shape index (κ1) is 18.5. The van der Waals surface area contributed by atoms with Crippen molar-refractivity contribution in [1.82, 2.24) is 19.9 Å². The van der Waals surface area contributed by atoms with E-state index in [1.807, 2.05) is 24.7 Å². The van der Waals surface area contributed by atoms with E-state index in [1.54, 1.807) is 12.4 Å². The zero-order valence-corrected chi connectivity index (χ0v) is 16.8. The lowest BCUT2D eigenvalue weighted by Crippen LogP contribution is -2.45. The lowest BCUT2D eigenvalue weighted by molar-refractivity contribution is -0.104. The van der Waals surface area contributed by atoms with Gasteiger partial charge < -0.3 is 14.7 Å². The Hall–Kier alpha value is -3.48. The average molecular weight is 400 g/mol. The Bertz CT molecular complexity index is 1080. The standard InChI is InChI=1S/C23H24N6O/c30-13-3-7-27-9-11-28(12-10-27)23-20-6-8-29(16-21(20)25-17-26-23)22-15-24-14-18-4-1-2-5-19(18)22/h1-5,7,13-15,17H,6,8-12,16H2. The molecule has 2 aromatic heterocycles. The van der Waals surface area contributed by atoms with Crippen molar-refractivity contribution in [2.24, 2.45) is 0 Å². The number of fused-ring (bicyclic) bond motifs is 2. The number of allylic oxidation sites excluding steroid dienone is 1. The van der Waals surface area contributed by atoms with Crippen molar-refractivity contribution in [2.75, 3.05) is 42.5 Å². The van der Waals surface area contributed by atoms with Gasteiger partial charge in [0.1, 0.15) is 18.4 Å². The van der Waals surface area contributed by atoms with Crippen LogP contribution in [0.2, 0.25) is 0 Å². The number of aromatic nitrogens is 3. The van der Waals surface area contributed by atoms with E-state index >= 15 is 0 Å². The molecule has 30 heavy (non-hydrogen) atoms. The molecule has 4 heterocycles. The van der Waals surface area contributed by atoms with Crippen LogP contribution in [-0.2, 0) is 17.8 Å². The van der Waals surface area contributed by atoms with Gasteiger partial charge in [0.25, 0.3) is 0 Å². The maximum atomic E-state index is 10.5. The van der Waals surface area contributed by atoms with Crippen molar-refractivity contribution in [2.45, 2.75) is 13.0 Å². The molecule has 2 aliphatic heterocycles. The third-order valence-corrected chi connectivity index (χ3v) is 5.96. The molecule has 1 fully saturated rings. The summed E-state index contributed by atoms with van der Waals surface area (Å²) in [5.41, 5.74) is 3.52. The maximum absolute atomic E-state index is 10.5. The minimum atomic E-state index is 0.766. The number of hydrogen-bond donors (Lipinski definition) is 0. The first-order valence-electron chi connectivity index (χ1n) is 10.3. The van der Waals surface area contributed by atoms with E-state index in [0.717, 1.165) is 74.6 Å². The third kappa shape index (κ3) is 3.47. The summed E-state index contributed by atoms with van der Waals surface area (Å²) < 4.78 is 0. The van der Waals surface area contributed by atoms with Gasteiger partial charge in [0, 0.05) is 61.5 Å². The summed E-state index contributed by atoms with van der Waals surface area (Å²) in [6, 6.07) is 8.39. The molecule has 0 amide bonds. The largest absolute Gasteiger partial charge is 0.374 e. The second-order valence-corrected chi connectivity index (χ2v) is 7.67. The Morgan fingerprint density at radius 3 is 2.67 bits per heavy atom. The monoisotopic (exact) mass is 400 g/mol. The van der Waals surface area contributed by atoms with Crippen molar-refractivity contribution in [3.05, 3.63) is 66.5 Å². The molecule has 152 valence electrons. The number of carbonyl (C=O) groups is 1. The van der Waals surface area contributed by atoms with Crippen molar-refractivity contribution < 1.29 is 4.79 Å². The molecule has 1 aromatic carbocycles. The van der Waals surface area contributed by atoms with Gasteiger partial charge in [0.2, 0.25) is 0 Å². The van der Waals surface area contributed by atoms with Crippen molar-refractivity contribution in [3.63, 3.8) is 0 Å². The lowest BCUT2D eigenvalue weighted by atomic mass is 10.0. The Morgan fingerprint density at radius 1 is 0.933 bits per heavy atom. The van der Waals surface area contributed by atoms with Crippen LogP contribution in [0.5, 0.6) is 0 Å². The number of benzene rings is 1. The van der Waals surface area contributed by atoms with Crippen LogP contribution < -0.4 is 9.80 Å². The summed E-state index contributed by atoms with van der Waals surface area (Å²) in [5.74, 6) is 1.06. The molecule has 1 saturated heterocycles. The molecule has 0 aliphatic carbocycles. The molecule has 0 saturated carbocycles.